The quantitative estimate of drug-likeness (QED) is 0.407. The minimum Gasteiger partial charge on any atom is -0.357 e. The molecular formula is C20H31F4N5. The zero-order valence-corrected chi connectivity index (χ0v) is 17.3. The summed E-state index contributed by atoms with van der Waals surface area (Å²) >= 11 is 0. The van der Waals surface area contributed by atoms with E-state index in [1.54, 1.807) is 0 Å². The van der Waals surface area contributed by atoms with Crippen LogP contribution in [0.4, 0.5) is 17.6 Å². The third kappa shape index (κ3) is 7.15. The lowest BCUT2D eigenvalue weighted by molar-refractivity contribution is -0.138. The van der Waals surface area contributed by atoms with Crippen LogP contribution >= 0.6 is 0 Å². The molecule has 1 unspecified atom stereocenters. The van der Waals surface area contributed by atoms with Crippen molar-refractivity contribution in [1.82, 2.24) is 20.4 Å². The Hall–Kier alpha value is -1.87. The number of alkyl halides is 3. The molecule has 1 fully saturated rings. The van der Waals surface area contributed by atoms with E-state index in [2.05, 4.69) is 39.3 Å². The van der Waals surface area contributed by atoms with Gasteiger partial charge in [-0.15, -0.1) is 0 Å². The molecule has 0 bridgehead atoms. The highest BCUT2D eigenvalue weighted by Crippen LogP contribution is 2.32. The van der Waals surface area contributed by atoms with Gasteiger partial charge in [-0.1, -0.05) is 13.0 Å². The Labute approximate surface area is 170 Å². The molecule has 2 N–H and O–H groups in total. The van der Waals surface area contributed by atoms with Gasteiger partial charge in [0.25, 0.3) is 0 Å². The van der Waals surface area contributed by atoms with E-state index in [9.17, 15) is 17.6 Å². The molecule has 1 heterocycles. The third-order valence-electron chi connectivity index (χ3n) is 5.17. The minimum atomic E-state index is -4.62. The van der Waals surface area contributed by atoms with E-state index in [0.717, 1.165) is 44.9 Å². The number of piperazine rings is 1. The predicted molar refractivity (Wildman–Crippen MR) is 107 cm³/mol. The second-order valence-electron chi connectivity index (χ2n) is 7.19. The minimum absolute atomic E-state index is 0.0557. The molecule has 0 saturated carbocycles. The molecule has 1 aromatic carbocycles. The lowest BCUT2D eigenvalue weighted by Gasteiger charge is -2.37. The standard InChI is InChI=1S/C20H31F4N5/c1-4-25-19(26-13-15(3)29-10-8-28(5-2)9-11-29)27-14-16-6-7-17(21)12-18(16)20(22,23)24/h6-7,12,15H,4-5,8-11,13-14H2,1-3H3,(H2,25,26,27). The lowest BCUT2D eigenvalue weighted by atomic mass is 10.1. The van der Waals surface area contributed by atoms with Crippen molar-refractivity contribution in [3.05, 3.63) is 35.1 Å². The van der Waals surface area contributed by atoms with Crippen LogP contribution in [0.2, 0.25) is 0 Å². The van der Waals surface area contributed by atoms with Crippen molar-refractivity contribution in [1.29, 1.82) is 0 Å². The van der Waals surface area contributed by atoms with Crippen LogP contribution in [0.5, 0.6) is 0 Å². The Morgan fingerprint density at radius 1 is 1.14 bits per heavy atom. The maximum absolute atomic E-state index is 13.3. The molecule has 164 valence electrons. The molecule has 0 amide bonds. The topological polar surface area (TPSA) is 42.9 Å². The highest BCUT2D eigenvalue weighted by atomic mass is 19.4. The van der Waals surface area contributed by atoms with Gasteiger partial charge in [0.1, 0.15) is 5.82 Å². The molecular weight excluding hydrogens is 386 g/mol. The molecule has 0 aliphatic carbocycles. The normalized spacial score (nSPS) is 18.0. The summed E-state index contributed by atoms with van der Waals surface area (Å²) in [6, 6.07) is 2.96. The van der Waals surface area contributed by atoms with Gasteiger partial charge in [-0.2, -0.15) is 13.2 Å². The van der Waals surface area contributed by atoms with Crippen molar-refractivity contribution in [3.8, 4) is 0 Å². The van der Waals surface area contributed by atoms with Gasteiger partial charge in [0.05, 0.1) is 12.1 Å². The molecule has 29 heavy (non-hydrogen) atoms. The van der Waals surface area contributed by atoms with E-state index >= 15 is 0 Å². The molecule has 1 atom stereocenters. The number of halogens is 4. The number of guanidine groups is 1. The summed E-state index contributed by atoms with van der Waals surface area (Å²) in [4.78, 5) is 9.07. The maximum atomic E-state index is 13.3. The molecule has 1 aromatic rings. The molecule has 2 rings (SSSR count). The van der Waals surface area contributed by atoms with Crippen LogP contribution in [0.3, 0.4) is 0 Å². The van der Waals surface area contributed by atoms with Crippen molar-refractivity contribution in [3.63, 3.8) is 0 Å². The van der Waals surface area contributed by atoms with Gasteiger partial charge in [0, 0.05) is 45.3 Å². The molecule has 1 aliphatic rings. The fourth-order valence-corrected chi connectivity index (χ4v) is 3.35. The Balaban J connectivity index is 1.98. The smallest absolute Gasteiger partial charge is 0.357 e. The molecule has 0 spiro atoms. The fourth-order valence-electron chi connectivity index (χ4n) is 3.35. The van der Waals surface area contributed by atoms with Crippen LogP contribution in [0.15, 0.2) is 23.2 Å². The largest absolute Gasteiger partial charge is 0.416 e. The summed E-state index contributed by atoms with van der Waals surface area (Å²) in [5.41, 5.74) is -1.04. The second-order valence-corrected chi connectivity index (χ2v) is 7.19. The first-order valence-corrected chi connectivity index (χ1v) is 10.1. The van der Waals surface area contributed by atoms with Gasteiger partial charge in [0.2, 0.25) is 0 Å². The highest BCUT2D eigenvalue weighted by Gasteiger charge is 2.33. The summed E-state index contributed by atoms with van der Waals surface area (Å²) in [7, 11) is 0. The Kier molecular flexibility index (Phi) is 8.70. The Morgan fingerprint density at radius 2 is 1.83 bits per heavy atom. The van der Waals surface area contributed by atoms with Gasteiger partial charge in [-0.3, -0.25) is 4.90 Å². The van der Waals surface area contributed by atoms with Crippen molar-refractivity contribution in [2.75, 3.05) is 45.8 Å². The third-order valence-corrected chi connectivity index (χ3v) is 5.17. The average molecular weight is 417 g/mol. The van der Waals surface area contributed by atoms with Crippen molar-refractivity contribution in [2.24, 2.45) is 4.99 Å². The van der Waals surface area contributed by atoms with E-state index in [0.29, 0.717) is 25.1 Å². The van der Waals surface area contributed by atoms with Crippen molar-refractivity contribution >= 4 is 5.96 Å². The number of rotatable bonds is 7. The fraction of sp³-hybridized carbons (Fsp3) is 0.650. The first-order chi connectivity index (χ1) is 13.7. The number of nitrogens with zero attached hydrogens (tertiary/aromatic N) is 3. The van der Waals surface area contributed by atoms with Crippen molar-refractivity contribution < 1.29 is 17.6 Å². The number of hydrogen-bond acceptors (Lipinski definition) is 3. The monoisotopic (exact) mass is 417 g/mol. The molecule has 0 aromatic heterocycles. The first-order valence-electron chi connectivity index (χ1n) is 10.1. The van der Waals surface area contributed by atoms with Gasteiger partial charge >= 0.3 is 6.18 Å². The zero-order chi connectivity index (χ0) is 21.4. The van der Waals surface area contributed by atoms with E-state index in [4.69, 9.17) is 0 Å². The van der Waals surface area contributed by atoms with Gasteiger partial charge < -0.3 is 15.5 Å². The van der Waals surface area contributed by atoms with E-state index in [1.165, 1.54) is 0 Å². The van der Waals surface area contributed by atoms with Gasteiger partial charge in [-0.05, 0) is 38.1 Å². The van der Waals surface area contributed by atoms with Crippen LogP contribution in [0.1, 0.15) is 31.9 Å². The molecule has 0 radical (unpaired) electrons. The summed E-state index contributed by atoms with van der Waals surface area (Å²) in [5.74, 6) is -0.462. The second kappa shape index (κ2) is 10.8. The van der Waals surface area contributed by atoms with Crippen LogP contribution in [0, 0.1) is 5.82 Å². The Morgan fingerprint density at radius 3 is 2.41 bits per heavy atom. The maximum Gasteiger partial charge on any atom is 0.416 e. The van der Waals surface area contributed by atoms with Crippen LogP contribution in [-0.4, -0.2) is 67.6 Å². The first kappa shape index (κ1) is 23.4. The molecule has 5 nitrogen and oxygen atoms in total. The lowest BCUT2D eigenvalue weighted by Crippen LogP contribution is -2.53. The summed E-state index contributed by atoms with van der Waals surface area (Å²) in [6.07, 6.45) is -4.62. The van der Waals surface area contributed by atoms with E-state index in [-0.39, 0.29) is 18.2 Å². The molecule has 1 aliphatic heterocycles. The molecule has 9 heteroatoms. The predicted octanol–water partition coefficient (Wildman–Crippen LogP) is 2.93. The number of likely N-dealkylation sites (N-methyl/N-ethyl adjacent to an activating group) is 1. The average Bonchev–Trinajstić information content (AvgIpc) is 2.69. The highest BCUT2D eigenvalue weighted by molar-refractivity contribution is 5.79. The molecule has 1 saturated heterocycles. The van der Waals surface area contributed by atoms with E-state index < -0.39 is 17.6 Å². The Bertz CT molecular complexity index is 669. The zero-order valence-electron chi connectivity index (χ0n) is 17.3. The van der Waals surface area contributed by atoms with Gasteiger partial charge in [-0.25, -0.2) is 9.38 Å². The number of nitrogens with one attached hydrogen (secondary N) is 2. The summed E-state index contributed by atoms with van der Waals surface area (Å²) in [6.45, 7) is 12.3. The summed E-state index contributed by atoms with van der Waals surface area (Å²) < 4.78 is 52.7. The van der Waals surface area contributed by atoms with Crippen LogP contribution in [0.25, 0.3) is 0 Å². The van der Waals surface area contributed by atoms with Crippen molar-refractivity contribution in [2.45, 2.75) is 39.5 Å². The van der Waals surface area contributed by atoms with Gasteiger partial charge in [0.15, 0.2) is 5.96 Å². The van der Waals surface area contributed by atoms with Crippen LogP contribution in [-0.2, 0) is 12.7 Å². The van der Waals surface area contributed by atoms with Crippen LogP contribution < -0.4 is 10.6 Å². The number of benzene rings is 1. The number of aliphatic imine (C=N–C) groups is 1. The SMILES string of the molecule is CCNC(=NCc1ccc(F)cc1C(F)(F)F)NCC(C)N1CCN(CC)CC1. The summed E-state index contributed by atoms with van der Waals surface area (Å²) in [5, 5.41) is 6.26. The number of hydrogen-bond donors (Lipinski definition) is 2. The van der Waals surface area contributed by atoms with E-state index in [1.807, 2.05) is 6.92 Å².